The Hall–Kier alpha value is -1.70. The number of hydrogen-bond donors (Lipinski definition) is 0. The molecule has 0 aliphatic rings. The summed E-state index contributed by atoms with van der Waals surface area (Å²) in [7, 11) is 0. The SMILES string of the molecule is CCCCCCCOc1c(C)cc2ccccc2c1OCCCCCCC. The van der Waals surface area contributed by atoms with Crippen LogP contribution in [0.4, 0.5) is 0 Å². The quantitative estimate of drug-likeness (QED) is 0.315. The molecule has 0 heterocycles. The molecule has 0 atom stereocenters. The highest BCUT2D eigenvalue weighted by atomic mass is 16.5. The fourth-order valence-electron chi connectivity index (χ4n) is 3.51. The summed E-state index contributed by atoms with van der Waals surface area (Å²) in [4.78, 5) is 0. The molecule has 0 amide bonds. The first-order valence-electron chi connectivity index (χ1n) is 11.1. The number of benzene rings is 2. The van der Waals surface area contributed by atoms with Crippen molar-refractivity contribution in [2.24, 2.45) is 0 Å². The van der Waals surface area contributed by atoms with Gasteiger partial charge in [0.1, 0.15) is 0 Å². The zero-order valence-electron chi connectivity index (χ0n) is 17.7. The molecule has 0 N–H and O–H groups in total. The zero-order valence-corrected chi connectivity index (χ0v) is 17.7. The molecule has 2 aromatic carbocycles. The molecule has 0 bridgehead atoms. The first kappa shape index (κ1) is 21.6. The first-order chi connectivity index (χ1) is 13.3. The van der Waals surface area contributed by atoms with Gasteiger partial charge in [-0.1, -0.05) is 89.5 Å². The Balaban J connectivity index is 2.03. The van der Waals surface area contributed by atoms with Gasteiger partial charge in [-0.05, 0) is 36.8 Å². The smallest absolute Gasteiger partial charge is 0.169 e. The van der Waals surface area contributed by atoms with Crippen molar-refractivity contribution in [3.05, 3.63) is 35.9 Å². The van der Waals surface area contributed by atoms with Crippen LogP contribution in [0, 0.1) is 6.92 Å². The van der Waals surface area contributed by atoms with Crippen molar-refractivity contribution in [2.75, 3.05) is 13.2 Å². The van der Waals surface area contributed by atoms with Crippen molar-refractivity contribution in [3.8, 4) is 11.5 Å². The third kappa shape index (κ3) is 7.08. The minimum absolute atomic E-state index is 0.768. The van der Waals surface area contributed by atoms with E-state index < -0.39 is 0 Å². The average molecular weight is 371 g/mol. The van der Waals surface area contributed by atoms with E-state index in [-0.39, 0.29) is 0 Å². The molecule has 0 unspecified atom stereocenters. The molecule has 0 spiro atoms. The van der Waals surface area contributed by atoms with Gasteiger partial charge in [0.2, 0.25) is 0 Å². The Morgan fingerprint density at radius 2 is 1.22 bits per heavy atom. The largest absolute Gasteiger partial charge is 0.489 e. The van der Waals surface area contributed by atoms with Crippen molar-refractivity contribution in [2.45, 2.75) is 85.0 Å². The van der Waals surface area contributed by atoms with Crippen LogP contribution >= 0.6 is 0 Å². The van der Waals surface area contributed by atoms with Crippen LogP contribution in [0.2, 0.25) is 0 Å². The van der Waals surface area contributed by atoms with E-state index in [1.54, 1.807) is 0 Å². The normalized spacial score (nSPS) is 11.1. The third-order valence-electron chi connectivity index (χ3n) is 5.13. The first-order valence-corrected chi connectivity index (χ1v) is 11.1. The van der Waals surface area contributed by atoms with Gasteiger partial charge in [-0.3, -0.25) is 0 Å². The molecule has 0 fully saturated rings. The Morgan fingerprint density at radius 1 is 0.667 bits per heavy atom. The van der Waals surface area contributed by atoms with E-state index in [9.17, 15) is 0 Å². The number of ether oxygens (including phenoxy) is 2. The number of rotatable bonds is 14. The minimum Gasteiger partial charge on any atom is -0.489 e. The van der Waals surface area contributed by atoms with Gasteiger partial charge in [-0.15, -0.1) is 0 Å². The molecule has 27 heavy (non-hydrogen) atoms. The van der Waals surface area contributed by atoms with Gasteiger partial charge >= 0.3 is 0 Å². The Morgan fingerprint density at radius 3 is 1.85 bits per heavy atom. The molecular formula is C25H38O2. The lowest BCUT2D eigenvalue weighted by molar-refractivity contribution is 0.260. The highest BCUT2D eigenvalue weighted by Gasteiger charge is 2.14. The topological polar surface area (TPSA) is 18.5 Å². The van der Waals surface area contributed by atoms with Crippen LogP contribution in [0.25, 0.3) is 10.8 Å². The van der Waals surface area contributed by atoms with Crippen LogP contribution in [0.1, 0.15) is 83.6 Å². The Kier molecular flexibility index (Phi) is 10.1. The van der Waals surface area contributed by atoms with Gasteiger partial charge in [-0.25, -0.2) is 0 Å². The summed E-state index contributed by atoms with van der Waals surface area (Å²) in [5, 5.41) is 2.39. The van der Waals surface area contributed by atoms with Crippen LogP contribution in [-0.4, -0.2) is 13.2 Å². The van der Waals surface area contributed by atoms with E-state index in [1.165, 1.54) is 62.3 Å². The predicted octanol–water partition coefficient (Wildman–Crippen LogP) is 7.85. The van der Waals surface area contributed by atoms with Gasteiger partial charge < -0.3 is 9.47 Å². The predicted molar refractivity (Wildman–Crippen MR) is 117 cm³/mol. The number of unbranched alkanes of at least 4 members (excludes halogenated alkanes) is 8. The Bertz CT molecular complexity index is 663. The van der Waals surface area contributed by atoms with Crippen LogP contribution in [0.15, 0.2) is 30.3 Å². The molecule has 2 heteroatoms. The van der Waals surface area contributed by atoms with Crippen LogP contribution in [0.5, 0.6) is 11.5 Å². The second-order valence-electron chi connectivity index (χ2n) is 7.60. The zero-order chi connectivity index (χ0) is 19.3. The lowest BCUT2D eigenvalue weighted by Gasteiger charge is -2.18. The van der Waals surface area contributed by atoms with Crippen LogP contribution < -0.4 is 9.47 Å². The van der Waals surface area contributed by atoms with E-state index in [2.05, 4.69) is 51.1 Å². The van der Waals surface area contributed by atoms with Crippen molar-refractivity contribution in [3.63, 3.8) is 0 Å². The van der Waals surface area contributed by atoms with Crippen molar-refractivity contribution in [1.29, 1.82) is 0 Å². The molecule has 2 nitrogen and oxygen atoms in total. The summed E-state index contributed by atoms with van der Waals surface area (Å²) in [5.41, 5.74) is 1.17. The van der Waals surface area contributed by atoms with Gasteiger partial charge in [0, 0.05) is 5.39 Å². The summed E-state index contributed by atoms with van der Waals surface area (Å²) in [5.74, 6) is 1.88. The van der Waals surface area contributed by atoms with Crippen molar-refractivity contribution < 1.29 is 9.47 Å². The molecule has 0 aliphatic heterocycles. The Labute approximate surface area is 166 Å². The van der Waals surface area contributed by atoms with E-state index >= 15 is 0 Å². The molecule has 150 valence electrons. The highest BCUT2D eigenvalue weighted by molar-refractivity contribution is 5.91. The lowest BCUT2D eigenvalue weighted by atomic mass is 10.1. The average Bonchev–Trinajstić information content (AvgIpc) is 2.68. The summed E-state index contributed by atoms with van der Waals surface area (Å²) < 4.78 is 12.5. The molecule has 0 aliphatic carbocycles. The van der Waals surface area contributed by atoms with Crippen LogP contribution in [-0.2, 0) is 0 Å². The molecule has 0 saturated heterocycles. The van der Waals surface area contributed by atoms with Gasteiger partial charge in [0.15, 0.2) is 11.5 Å². The summed E-state index contributed by atoms with van der Waals surface area (Å²) in [6.45, 7) is 8.18. The number of fused-ring (bicyclic) bond motifs is 1. The highest BCUT2D eigenvalue weighted by Crippen LogP contribution is 2.39. The molecule has 0 saturated carbocycles. The third-order valence-corrected chi connectivity index (χ3v) is 5.13. The summed E-state index contributed by atoms with van der Waals surface area (Å²) >= 11 is 0. The van der Waals surface area contributed by atoms with E-state index in [0.29, 0.717) is 0 Å². The van der Waals surface area contributed by atoms with Gasteiger partial charge in [0.25, 0.3) is 0 Å². The van der Waals surface area contributed by atoms with Gasteiger partial charge in [0.05, 0.1) is 13.2 Å². The number of hydrogen-bond acceptors (Lipinski definition) is 2. The van der Waals surface area contributed by atoms with E-state index in [1.807, 2.05) is 0 Å². The lowest BCUT2D eigenvalue weighted by Crippen LogP contribution is -2.05. The maximum atomic E-state index is 6.28. The molecular weight excluding hydrogens is 332 g/mol. The second-order valence-corrected chi connectivity index (χ2v) is 7.60. The maximum absolute atomic E-state index is 6.28. The molecule has 2 rings (SSSR count). The fraction of sp³-hybridized carbons (Fsp3) is 0.600. The standard InChI is InChI=1S/C25H38O2/c1-4-6-8-10-14-18-26-24-21(3)20-22-16-12-13-17-23(22)25(24)27-19-15-11-9-7-5-2/h12-13,16-17,20H,4-11,14-15,18-19H2,1-3H3. The second kappa shape index (κ2) is 12.6. The van der Waals surface area contributed by atoms with E-state index in [0.717, 1.165) is 42.9 Å². The van der Waals surface area contributed by atoms with Gasteiger partial charge in [-0.2, -0.15) is 0 Å². The maximum Gasteiger partial charge on any atom is 0.169 e. The molecule has 0 radical (unpaired) electrons. The van der Waals surface area contributed by atoms with E-state index in [4.69, 9.17) is 9.47 Å². The summed E-state index contributed by atoms with van der Waals surface area (Å²) in [6, 6.07) is 10.7. The molecule has 2 aromatic rings. The monoisotopic (exact) mass is 370 g/mol. The number of aryl methyl sites for hydroxylation is 1. The fourth-order valence-corrected chi connectivity index (χ4v) is 3.51. The van der Waals surface area contributed by atoms with Crippen molar-refractivity contribution in [1.82, 2.24) is 0 Å². The minimum atomic E-state index is 0.768. The molecule has 0 aromatic heterocycles. The summed E-state index contributed by atoms with van der Waals surface area (Å²) in [6.07, 6.45) is 12.5. The van der Waals surface area contributed by atoms with Crippen molar-refractivity contribution >= 4 is 10.8 Å². The van der Waals surface area contributed by atoms with Crippen LogP contribution in [0.3, 0.4) is 0 Å².